The summed E-state index contributed by atoms with van der Waals surface area (Å²) in [5.74, 6) is -1.60. The van der Waals surface area contributed by atoms with Gasteiger partial charge in [-0.15, -0.1) is 0 Å². The molecular weight excluding hydrogens is 320 g/mol. The number of rotatable bonds is 2. The molecule has 1 N–H and O–H groups in total. The van der Waals surface area contributed by atoms with Gasteiger partial charge in [0.15, 0.2) is 0 Å². The molecule has 3 fully saturated rings. The Balaban J connectivity index is 1.98. The van der Waals surface area contributed by atoms with E-state index in [0.717, 1.165) is 5.57 Å². The number of fused-ring (bicyclic) bond motifs is 3. The number of hydrogen-bond acceptors (Lipinski definition) is 5. The van der Waals surface area contributed by atoms with Crippen LogP contribution in [-0.2, 0) is 19.1 Å². The third kappa shape index (κ3) is 2.76. The van der Waals surface area contributed by atoms with Gasteiger partial charge < -0.3 is 14.6 Å². The van der Waals surface area contributed by atoms with Crippen molar-refractivity contribution in [2.24, 2.45) is 17.8 Å². The first kappa shape index (κ1) is 17.7. The van der Waals surface area contributed by atoms with Gasteiger partial charge in [0.2, 0.25) is 0 Å². The minimum Gasteiger partial charge on any atom is -0.458 e. The minimum atomic E-state index is -0.635. The van der Waals surface area contributed by atoms with E-state index in [9.17, 15) is 14.7 Å². The maximum atomic E-state index is 12.3. The Bertz CT molecular complexity index is 701. The molecule has 134 valence electrons. The summed E-state index contributed by atoms with van der Waals surface area (Å²) in [6.07, 6.45) is 0.880. The fourth-order valence-electron chi connectivity index (χ4n) is 4.22. The van der Waals surface area contributed by atoms with Gasteiger partial charge in [-0.3, -0.25) is 0 Å². The van der Waals surface area contributed by atoms with Gasteiger partial charge in [-0.1, -0.05) is 31.4 Å². The summed E-state index contributed by atoms with van der Waals surface area (Å²) >= 11 is 0. The van der Waals surface area contributed by atoms with Crippen molar-refractivity contribution in [3.63, 3.8) is 0 Å². The predicted molar refractivity (Wildman–Crippen MR) is 92.3 cm³/mol. The topological polar surface area (TPSA) is 72.8 Å². The first-order valence-corrected chi connectivity index (χ1v) is 8.54. The highest BCUT2D eigenvalue weighted by Gasteiger charge is 2.56. The summed E-state index contributed by atoms with van der Waals surface area (Å²) in [6.45, 7) is 15.5. The lowest BCUT2D eigenvalue weighted by molar-refractivity contribution is -0.148. The number of ether oxygens (including phenoxy) is 2. The maximum Gasteiger partial charge on any atom is 0.334 e. The third-order valence-electron chi connectivity index (χ3n) is 5.78. The lowest BCUT2D eigenvalue weighted by atomic mass is 9.81. The van der Waals surface area contributed by atoms with Gasteiger partial charge in [0.25, 0.3) is 0 Å². The Morgan fingerprint density at radius 1 is 1.32 bits per heavy atom. The standard InChI is InChI=1S/C20H24O5/c1-6-9(2)19(22)24-15-7-10(3)13-8-14(21)11(4)16(13)18-17(15)12(5)20(23)25-18/h6,13-18,21H,3-5,7-8H2,1-2H3/b9-6+/t13-,14-,15-,16-,17+,18+/m0/s1. The summed E-state index contributed by atoms with van der Waals surface area (Å²) < 4.78 is 11.3. The average Bonchev–Trinajstić information content (AvgIpc) is 2.99. The molecule has 2 saturated carbocycles. The second-order valence-corrected chi connectivity index (χ2v) is 7.16. The highest BCUT2D eigenvalue weighted by molar-refractivity contribution is 5.92. The molecule has 25 heavy (non-hydrogen) atoms. The molecule has 0 amide bonds. The second-order valence-electron chi connectivity index (χ2n) is 7.16. The van der Waals surface area contributed by atoms with Crippen molar-refractivity contribution in [3.8, 4) is 0 Å². The van der Waals surface area contributed by atoms with Gasteiger partial charge in [0.05, 0.1) is 12.0 Å². The van der Waals surface area contributed by atoms with Gasteiger partial charge in [-0.2, -0.15) is 0 Å². The van der Waals surface area contributed by atoms with Crippen LogP contribution in [0.1, 0.15) is 26.7 Å². The molecule has 3 aliphatic rings. The summed E-state index contributed by atoms with van der Waals surface area (Å²) in [5, 5.41) is 10.2. The Kier molecular flexibility index (Phi) is 4.45. The van der Waals surface area contributed by atoms with Gasteiger partial charge in [-0.05, 0) is 31.8 Å². The van der Waals surface area contributed by atoms with Crippen LogP contribution in [0.2, 0.25) is 0 Å². The Hall–Kier alpha value is -2.14. The summed E-state index contributed by atoms with van der Waals surface area (Å²) in [6, 6.07) is 0. The number of hydrogen-bond donors (Lipinski definition) is 1. The van der Waals surface area contributed by atoms with E-state index in [0.29, 0.717) is 29.6 Å². The summed E-state index contributed by atoms with van der Waals surface area (Å²) in [7, 11) is 0. The fourth-order valence-corrected chi connectivity index (χ4v) is 4.22. The van der Waals surface area contributed by atoms with Crippen molar-refractivity contribution in [1.29, 1.82) is 0 Å². The predicted octanol–water partition coefficient (Wildman–Crippen LogP) is 2.48. The normalized spacial score (nSPS) is 38.1. The number of aliphatic hydroxyl groups is 1. The lowest BCUT2D eigenvalue weighted by Crippen LogP contribution is -2.36. The molecule has 0 bridgehead atoms. The monoisotopic (exact) mass is 344 g/mol. The van der Waals surface area contributed by atoms with E-state index in [2.05, 4.69) is 19.7 Å². The van der Waals surface area contributed by atoms with Crippen molar-refractivity contribution >= 4 is 11.9 Å². The van der Waals surface area contributed by atoms with Crippen molar-refractivity contribution in [2.45, 2.75) is 45.0 Å². The molecule has 0 radical (unpaired) electrons. The second kappa shape index (κ2) is 6.30. The largest absolute Gasteiger partial charge is 0.458 e. The van der Waals surface area contributed by atoms with Crippen LogP contribution in [0, 0.1) is 17.8 Å². The van der Waals surface area contributed by atoms with Crippen LogP contribution in [0.25, 0.3) is 0 Å². The first-order chi connectivity index (χ1) is 11.8. The van der Waals surface area contributed by atoms with Crippen LogP contribution >= 0.6 is 0 Å². The van der Waals surface area contributed by atoms with E-state index < -0.39 is 36.2 Å². The molecule has 1 aliphatic heterocycles. The van der Waals surface area contributed by atoms with Gasteiger partial charge >= 0.3 is 11.9 Å². The van der Waals surface area contributed by atoms with Crippen molar-refractivity contribution in [2.75, 3.05) is 0 Å². The molecule has 0 aromatic rings. The molecule has 2 aliphatic carbocycles. The van der Waals surface area contributed by atoms with Gasteiger partial charge in [-0.25, -0.2) is 9.59 Å². The third-order valence-corrected chi connectivity index (χ3v) is 5.78. The summed E-state index contributed by atoms with van der Waals surface area (Å²) in [4.78, 5) is 24.4. The number of esters is 2. The molecule has 5 nitrogen and oxygen atoms in total. The molecule has 0 unspecified atom stereocenters. The molecule has 1 heterocycles. The van der Waals surface area contributed by atoms with Crippen molar-refractivity contribution in [1.82, 2.24) is 0 Å². The molecule has 0 aromatic heterocycles. The maximum absolute atomic E-state index is 12.3. The van der Waals surface area contributed by atoms with Crippen molar-refractivity contribution < 1.29 is 24.2 Å². The molecular formula is C20H24O5. The minimum absolute atomic E-state index is 0.0415. The number of carbonyl (C=O) groups is 2. The van der Waals surface area contributed by atoms with Crippen LogP contribution in [0.15, 0.2) is 48.1 Å². The zero-order valence-corrected chi connectivity index (χ0v) is 14.7. The Morgan fingerprint density at radius 3 is 2.64 bits per heavy atom. The molecule has 0 aromatic carbocycles. The Labute approximate surface area is 147 Å². The molecule has 1 saturated heterocycles. The quantitative estimate of drug-likeness (QED) is 0.473. The van der Waals surface area contributed by atoms with E-state index >= 15 is 0 Å². The average molecular weight is 344 g/mol. The molecule has 5 heteroatoms. The number of allylic oxidation sites excluding steroid dienone is 1. The number of aliphatic hydroxyl groups excluding tert-OH is 1. The zero-order valence-electron chi connectivity index (χ0n) is 14.7. The van der Waals surface area contributed by atoms with Crippen LogP contribution in [-0.4, -0.2) is 35.4 Å². The molecule has 6 atom stereocenters. The van der Waals surface area contributed by atoms with Crippen molar-refractivity contribution in [3.05, 3.63) is 48.1 Å². The summed E-state index contributed by atoms with van der Waals surface area (Å²) in [5.41, 5.74) is 2.35. The van der Waals surface area contributed by atoms with E-state index in [1.54, 1.807) is 19.9 Å². The van der Waals surface area contributed by atoms with Crippen LogP contribution in [0.3, 0.4) is 0 Å². The lowest BCUT2D eigenvalue weighted by Gasteiger charge is -2.28. The molecule has 0 spiro atoms. The SMILES string of the molecule is C=C1C(=O)O[C@@H]2[C@H]3C(=C)[C@@H](O)C[C@H]3C(=C)C[C@H](OC(=O)/C(C)=C/C)[C@@H]12. The highest BCUT2D eigenvalue weighted by Crippen LogP contribution is 2.52. The van der Waals surface area contributed by atoms with Crippen LogP contribution in [0.5, 0.6) is 0 Å². The van der Waals surface area contributed by atoms with Gasteiger partial charge in [0, 0.05) is 23.5 Å². The van der Waals surface area contributed by atoms with E-state index in [1.165, 1.54) is 0 Å². The van der Waals surface area contributed by atoms with Gasteiger partial charge in [0.1, 0.15) is 12.2 Å². The van der Waals surface area contributed by atoms with E-state index in [4.69, 9.17) is 9.47 Å². The van der Waals surface area contributed by atoms with Crippen LogP contribution < -0.4 is 0 Å². The first-order valence-electron chi connectivity index (χ1n) is 8.54. The smallest absolute Gasteiger partial charge is 0.334 e. The zero-order chi connectivity index (χ0) is 18.5. The molecule has 3 rings (SSSR count). The Morgan fingerprint density at radius 2 is 2.00 bits per heavy atom. The van der Waals surface area contributed by atoms with Crippen LogP contribution in [0.4, 0.5) is 0 Å². The fraction of sp³-hybridized carbons (Fsp3) is 0.500. The van der Waals surface area contributed by atoms with E-state index in [-0.39, 0.29) is 11.8 Å². The van der Waals surface area contributed by atoms with E-state index in [1.807, 2.05) is 0 Å². The highest BCUT2D eigenvalue weighted by atomic mass is 16.6. The number of carbonyl (C=O) groups excluding carboxylic acids is 2.